The van der Waals surface area contributed by atoms with Gasteiger partial charge in [-0.15, -0.1) is 0 Å². The number of ether oxygens (including phenoxy) is 1. The van der Waals surface area contributed by atoms with Crippen LogP contribution in [0.25, 0.3) is 0 Å². The molecule has 2 N–H and O–H groups in total. The number of halogens is 1. The van der Waals surface area contributed by atoms with E-state index in [0.717, 1.165) is 5.56 Å². The van der Waals surface area contributed by atoms with Crippen LogP contribution in [-0.4, -0.2) is 4.98 Å². The van der Waals surface area contributed by atoms with Gasteiger partial charge in [-0.3, -0.25) is 4.98 Å². The Morgan fingerprint density at radius 1 is 1.31 bits per heavy atom. The Bertz CT molecular complexity index is 488. The first kappa shape index (κ1) is 10.6. The molecule has 0 aliphatic rings. The van der Waals surface area contributed by atoms with Crippen LogP contribution in [0.3, 0.4) is 0 Å². The van der Waals surface area contributed by atoms with Crippen molar-refractivity contribution in [3.8, 4) is 11.5 Å². The molecule has 0 fully saturated rings. The molecule has 0 unspecified atom stereocenters. The van der Waals surface area contributed by atoms with Crippen LogP contribution in [0, 0.1) is 5.82 Å². The fraction of sp³-hybridized carbons (Fsp3) is 0.0833. The quantitative estimate of drug-likeness (QED) is 0.860. The minimum absolute atomic E-state index is 0.332. The number of nitrogens with zero attached hydrogens (tertiary/aromatic N) is 1. The molecule has 0 bridgehead atoms. The highest BCUT2D eigenvalue weighted by Crippen LogP contribution is 2.24. The maximum Gasteiger partial charge on any atom is 0.134 e. The summed E-state index contributed by atoms with van der Waals surface area (Å²) in [4.78, 5) is 3.94. The van der Waals surface area contributed by atoms with E-state index in [0.29, 0.717) is 18.0 Å². The van der Waals surface area contributed by atoms with E-state index in [1.807, 2.05) is 0 Å². The minimum atomic E-state index is -0.333. The molecule has 1 heterocycles. The van der Waals surface area contributed by atoms with Gasteiger partial charge >= 0.3 is 0 Å². The first-order chi connectivity index (χ1) is 7.79. The number of rotatable bonds is 3. The number of pyridine rings is 1. The van der Waals surface area contributed by atoms with Crippen LogP contribution in [0.1, 0.15) is 5.56 Å². The van der Waals surface area contributed by atoms with Gasteiger partial charge < -0.3 is 10.5 Å². The summed E-state index contributed by atoms with van der Waals surface area (Å²) < 4.78 is 18.5. The van der Waals surface area contributed by atoms with Crippen LogP contribution in [0.15, 0.2) is 42.7 Å². The van der Waals surface area contributed by atoms with Crippen molar-refractivity contribution in [3.63, 3.8) is 0 Å². The van der Waals surface area contributed by atoms with Crippen LogP contribution < -0.4 is 10.5 Å². The highest BCUT2D eigenvalue weighted by atomic mass is 19.1. The predicted octanol–water partition coefficient (Wildman–Crippen LogP) is 2.47. The summed E-state index contributed by atoms with van der Waals surface area (Å²) in [5.41, 5.74) is 6.32. The summed E-state index contributed by atoms with van der Waals surface area (Å²) in [7, 11) is 0. The van der Waals surface area contributed by atoms with Crippen LogP contribution >= 0.6 is 0 Å². The summed E-state index contributed by atoms with van der Waals surface area (Å²) in [6, 6.07) is 7.66. The van der Waals surface area contributed by atoms with Crippen LogP contribution in [-0.2, 0) is 6.54 Å². The zero-order valence-corrected chi connectivity index (χ0v) is 8.56. The predicted molar refractivity (Wildman–Crippen MR) is 58.6 cm³/mol. The largest absolute Gasteiger partial charge is 0.457 e. The molecule has 0 atom stereocenters. The summed E-state index contributed by atoms with van der Waals surface area (Å²) >= 11 is 0. The average molecular weight is 218 g/mol. The van der Waals surface area contributed by atoms with Gasteiger partial charge in [0.25, 0.3) is 0 Å². The minimum Gasteiger partial charge on any atom is -0.457 e. The molecule has 3 nitrogen and oxygen atoms in total. The van der Waals surface area contributed by atoms with Gasteiger partial charge in [0.2, 0.25) is 0 Å². The Hall–Kier alpha value is -1.94. The third kappa shape index (κ3) is 2.35. The highest BCUT2D eigenvalue weighted by molar-refractivity contribution is 5.35. The van der Waals surface area contributed by atoms with Crippen molar-refractivity contribution in [1.29, 1.82) is 0 Å². The normalized spacial score (nSPS) is 10.1. The lowest BCUT2D eigenvalue weighted by Gasteiger charge is -2.08. The Balaban J connectivity index is 2.26. The number of hydrogen-bond acceptors (Lipinski definition) is 3. The van der Waals surface area contributed by atoms with Gasteiger partial charge in [-0.2, -0.15) is 0 Å². The molecule has 0 aliphatic carbocycles. The fourth-order valence-electron chi connectivity index (χ4n) is 1.32. The molecule has 1 aromatic heterocycles. The summed E-state index contributed by atoms with van der Waals surface area (Å²) in [6.45, 7) is 0.332. The smallest absolute Gasteiger partial charge is 0.134 e. The SMILES string of the molecule is NCc1cnccc1Oc1cccc(F)c1. The molecular weight excluding hydrogens is 207 g/mol. The van der Waals surface area contributed by atoms with E-state index < -0.39 is 0 Å². The second-order valence-corrected chi connectivity index (χ2v) is 3.25. The van der Waals surface area contributed by atoms with Crippen molar-refractivity contribution in [3.05, 3.63) is 54.1 Å². The van der Waals surface area contributed by atoms with Crippen LogP contribution in [0.2, 0.25) is 0 Å². The Morgan fingerprint density at radius 2 is 2.19 bits per heavy atom. The lowest BCUT2D eigenvalue weighted by atomic mass is 10.2. The lowest BCUT2D eigenvalue weighted by Crippen LogP contribution is -2.00. The molecule has 0 saturated heterocycles. The van der Waals surface area contributed by atoms with Crippen molar-refractivity contribution in [1.82, 2.24) is 4.98 Å². The van der Waals surface area contributed by atoms with E-state index in [4.69, 9.17) is 10.5 Å². The molecule has 0 amide bonds. The number of nitrogens with two attached hydrogens (primary N) is 1. The maximum atomic E-state index is 12.9. The summed E-state index contributed by atoms with van der Waals surface area (Å²) in [6.07, 6.45) is 3.24. The zero-order chi connectivity index (χ0) is 11.4. The molecule has 0 spiro atoms. The van der Waals surface area contributed by atoms with E-state index in [2.05, 4.69) is 4.98 Å². The fourth-order valence-corrected chi connectivity index (χ4v) is 1.32. The number of hydrogen-bond donors (Lipinski definition) is 1. The average Bonchev–Trinajstić information content (AvgIpc) is 2.30. The molecular formula is C12H11FN2O. The number of benzene rings is 1. The van der Waals surface area contributed by atoms with Gasteiger partial charge in [0.1, 0.15) is 17.3 Å². The first-order valence-corrected chi connectivity index (χ1v) is 4.86. The van der Waals surface area contributed by atoms with E-state index in [1.54, 1.807) is 30.6 Å². The molecule has 0 saturated carbocycles. The summed E-state index contributed by atoms with van der Waals surface area (Å²) in [5, 5.41) is 0. The van der Waals surface area contributed by atoms with E-state index in [-0.39, 0.29) is 5.82 Å². The Labute approximate surface area is 92.7 Å². The van der Waals surface area contributed by atoms with Gasteiger partial charge in [0.05, 0.1) is 0 Å². The molecule has 1 aromatic carbocycles. The van der Waals surface area contributed by atoms with E-state index >= 15 is 0 Å². The third-order valence-corrected chi connectivity index (χ3v) is 2.10. The summed E-state index contributed by atoms with van der Waals surface area (Å²) in [5.74, 6) is 0.713. The second kappa shape index (κ2) is 4.72. The Kier molecular flexibility index (Phi) is 3.12. The molecule has 0 radical (unpaired) electrons. The van der Waals surface area contributed by atoms with Crippen molar-refractivity contribution in [2.75, 3.05) is 0 Å². The highest BCUT2D eigenvalue weighted by Gasteiger charge is 2.03. The first-order valence-electron chi connectivity index (χ1n) is 4.86. The van der Waals surface area contributed by atoms with Gasteiger partial charge in [-0.05, 0) is 18.2 Å². The maximum absolute atomic E-state index is 12.9. The topological polar surface area (TPSA) is 48.1 Å². The Morgan fingerprint density at radius 3 is 2.94 bits per heavy atom. The molecule has 2 aromatic rings. The second-order valence-electron chi connectivity index (χ2n) is 3.25. The number of aromatic nitrogens is 1. The van der Waals surface area contributed by atoms with E-state index in [9.17, 15) is 4.39 Å². The molecule has 16 heavy (non-hydrogen) atoms. The van der Waals surface area contributed by atoms with Crippen molar-refractivity contribution < 1.29 is 9.13 Å². The molecule has 0 aliphatic heterocycles. The third-order valence-electron chi connectivity index (χ3n) is 2.10. The van der Waals surface area contributed by atoms with Crippen molar-refractivity contribution in [2.24, 2.45) is 5.73 Å². The molecule has 4 heteroatoms. The van der Waals surface area contributed by atoms with Gasteiger partial charge in [0, 0.05) is 30.6 Å². The monoisotopic (exact) mass is 218 g/mol. The van der Waals surface area contributed by atoms with Gasteiger partial charge in [0.15, 0.2) is 0 Å². The standard InChI is InChI=1S/C12H11FN2O/c13-10-2-1-3-11(6-10)16-12-4-5-15-8-9(12)7-14/h1-6,8H,7,14H2. The van der Waals surface area contributed by atoms with Crippen LogP contribution in [0.5, 0.6) is 11.5 Å². The van der Waals surface area contributed by atoms with E-state index in [1.165, 1.54) is 12.1 Å². The molecule has 2 rings (SSSR count). The van der Waals surface area contributed by atoms with Crippen molar-refractivity contribution in [2.45, 2.75) is 6.54 Å². The molecule has 82 valence electrons. The van der Waals surface area contributed by atoms with Gasteiger partial charge in [-0.1, -0.05) is 6.07 Å². The van der Waals surface area contributed by atoms with Crippen molar-refractivity contribution >= 4 is 0 Å². The lowest BCUT2D eigenvalue weighted by molar-refractivity contribution is 0.470. The van der Waals surface area contributed by atoms with Crippen LogP contribution in [0.4, 0.5) is 4.39 Å². The van der Waals surface area contributed by atoms with Gasteiger partial charge in [-0.25, -0.2) is 4.39 Å². The zero-order valence-electron chi connectivity index (χ0n) is 8.56.